The van der Waals surface area contributed by atoms with E-state index in [1.165, 1.54) is 6.20 Å². The van der Waals surface area contributed by atoms with Gasteiger partial charge in [-0.2, -0.15) is 4.37 Å². The van der Waals surface area contributed by atoms with Crippen LogP contribution in [0.25, 0.3) is 0 Å². The first-order valence-corrected chi connectivity index (χ1v) is 7.32. The van der Waals surface area contributed by atoms with Gasteiger partial charge in [0.15, 0.2) is 0 Å². The molecule has 0 amide bonds. The molecule has 1 atom stereocenters. The molecule has 19 heavy (non-hydrogen) atoms. The summed E-state index contributed by atoms with van der Waals surface area (Å²) in [6, 6.07) is 5.49. The lowest BCUT2D eigenvalue weighted by molar-refractivity contribution is 0.115. The molecule has 2 rings (SSSR count). The monoisotopic (exact) mass is 363 g/mol. The molecule has 0 fully saturated rings. The number of ether oxygens (including phenoxy) is 1. The van der Waals surface area contributed by atoms with E-state index < -0.39 is 6.10 Å². The number of aliphatic hydroxyl groups excluding tert-OH is 1. The minimum atomic E-state index is -0.649. The molecule has 1 aromatic heterocycles. The number of nitrogens with one attached hydrogen (secondary N) is 1. The van der Waals surface area contributed by atoms with Crippen molar-refractivity contribution in [1.29, 1.82) is 0 Å². The zero-order chi connectivity index (χ0) is 13.7. The average molecular weight is 365 g/mol. The van der Waals surface area contributed by atoms with Crippen LogP contribution in [0.1, 0.15) is 0 Å². The Hall–Kier alpha value is -0.890. The minimum absolute atomic E-state index is 0.155. The van der Waals surface area contributed by atoms with Crippen LogP contribution in [-0.2, 0) is 0 Å². The van der Waals surface area contributed by atoms with Gasteiger partial charge < -0.3 is 15.2 Å². The van der Waals surface area contributed by atoms with Gasteiger partial charge in [0, 0.05) is 16.7 Å². The van der Waals surface area contributed by atoms with Crippen LogP contribution in [-0.4, -0.2) is 33.1 Å². The predicted octanol–water partition coefficient (Wildman–Crippen LogP) is 2.81. The molecular formula is C11H11BrClN3O2S. The first-order chi connectivity index (χ1) is 9.15. The number of aliphatic hydroxyl groups is 1. The van der Waals surface area contributed by atoms with E-state index in [0.717, 1.165) is 21.9 Å². The number of aromatic nitrogens is 2. The Kier molecular flexibility index (Phi) is 5.38. The summed E-state index contributed by atoms with van der Waals surface area (Å²) in [5, 5.41) is 13.4. The highest BCUT2D eigenvalue weighted by molar-refractivity contribution is 9.10. The molecule has 1 unspecified atom stereocenters. The van der Waals surface area contributed by atoms with Crippen molar-refractivity contribution in [3.05, 3.63) is 33.9 Å². The molecule has 0 spiro atoms. The quantitative estimate of drug-likeness (QED) is 0.825. The summed E-state index contributed by atoms with van der Waals surface area (Å²) < 4.78 is 13.8. The molecule has 0 bridgehead atoms. The van der Waals surface area contributed by atoms with Crippen LogP contribution in [0.3, 0.4) is 0 Å². The van der Waals surface area contributed by atoms with Gasteiger partial charge in [-0.05, 0) is 34.1 Å². The van der Waals surface area contributed by atoms with E-state index in [4.69, 9.17) is 16.3 Å². The fourth-order valence-corrected chi connectivity index (χ4v) is 2.09. The first kappa shape index (κ1) is 14.5. The van der Waals surface area contributed by atoms with E-state index in [9.17, 15) is 5.11 Å². The topological polar surface area (TPSA) is 67.3 Å². The maximum Gasteiger partial charge on any atom is 0.245 e. The van der Waals surface area contributed by atoms with Crippen molar-refractivity contribution < 1.29 is 9.84 Å². The van der Waals surface area contributed by atoms with E-state index in [-0.39, 0.29) is 6.61 Å². The van der Waals surface area contributed by atoms with E-state index in [2.05, 4.69) is 30.0 Å². The third-order valence-electron chi connectivity index (χ3n) is 2.23. The third kappa shape index (κ3) is 4.61. The summed E-state index contributed by atoms with van der Waals surface area (Å²) in [6.07, 6.45) is 0.864. The first-order valence-electron chi connectivity index (χ1n) is 5.42. The van der Waals surface area contributed by atoms with Crippen LogP contribution in [0.2, 0.25) is 5.02 Å². The Morgan fingerprint density at radius 3 is 3.05 bits per heavy atom. The maximum atomic E-state index is 9.76. The fourth-order valence-electron chi connectivity index (χ4n) is 1.30. The number of benzene rings is 1. The third-order valence-corrected chi connectivity index (χ3v) is 3.92. The lowest BCUT2D eigenvalue weighted by atomic mass is 10.3. The van der Waals surface area contributed by atoms with Gasteiger partial charge in [-0.15, -0.1) is 4.37 Å². The van der Waals surface area contributed by atoms with E-state index >= 15 is 0 Å². The van der Waals surface area contributed by atoms with Gasteiger partial charge in [-0.25, -0.2) is 0 Å². The fraction of sp³-hybridized carbons (Fsp3) is 0.273. The summed E-state index contributed by atoms with van der Waals surface area (Å²) in [6.45, 7) is 0.512. The molecule has 5 nitrogen and oxygen atoms in total. The summed E-state index contributed by atoms with van der Waals surface area (Å²) in [5.41, 5.74) is 0.836. The van der Waals surface area contributed by atoms with Gasteiger partial charge >= 0.3 is 0 Å². The number of rotatable bonds is 6. The molecular weight excluding hydrogens is 354 g/mol. The Balaban J connectivity index is 1.76. The van der Waals surface area contributed by atoms with Crippen molar-refractivity contribution >= 4 is 44.9 Å². The zero-order valence-electron chi connectivity index (χ0n) is 9.72. The highest BCUT2D eigenvalue weighted by Gasteiger charge is 2.07. The molecule has 1 aromatic carbocycles. The van der Waals surface area contributed by atoms with Crippen LogP contribution in [0.5, 0.6) is 5.88 Å². The normalized spacial score (nSPS) is 12.2. The predicted molar refractivity (Wildman–Crippen MR) is 79.1 cm³/mol. The summed E-state index contributed by atoms with van der Waals surface area (Å²) >= 11 is 10.3. The highest BCUT2D eigenvalue weighted by atomic mass is 79.9. The average Bonchev–Trinajstić information content (AvgIpc) is 2.91. The minimum Gasteiger partial charge on any atom is -0.473 e. The number of halogens is 2. The highest BCUT2D eigenvalue weighted by Crippen LogP contribution is 2.25. The lowest BCUT2D eigenvalue weighted by Crippen LogP contribution is -2.26. The summed E-state index contributed by atoms with van der Waals surface area (Å²) in [4.78, 5) is 0. The largest absolute Gasteiger partial charge is 0.473 e. The second kappa shape index (κ2) is 7.04. The van der Waals surface area contributed by atoms with Gasteiger partial charge in [0.2, 0.25) is 5.88 Å². The number of nitrogens with zero attached hydrogens (tertiary/aromatic N) is 2. The number of hydrogen-bond donors (Lipinski definition) is 2. The SMILES string of the molecule is OC(CNc1ccc(Br)c(Cl)c1)COc1cnsn1. The van der Waals surface area contributed by atoms with Gasteiger partial charge in [-0.3, -0.25) is 0 Å². The summed E-state index contributed by atoms with van der Waals surface area (Å²) in [7, 11) is 0. The summed E-state index contributed by atoms with van der Waals surface area (Å²) in [5.74, 6) is 0.427. The molecule has 1 heterocycles. The Bertz CT molecular complexity index is 527. The number of hydrogen-bond acceptors (Lipinski definition) is 6. The van der Waals surface area contributed by atoms with Gasteiger partial charge in [0.05, 0.1) is 16.8 Å². The van der Waals surface area contributed by atoms with Gasteiger partial charge in [0.1, 0.15) is 18.9 Å². The van der Waals surface area contributed by atoms with Crippen LogP contribution < -0.4 is 10.1 Å². The van der Waals surface area contributed by atoms with Crippen molar-refractivity contribution in [3.8, 4) is 5.88 Å². The number of anilines is 1. The Morgan fingerprint density at radius 1 is 1.53 bits per heavy atom. The standard InChI is InChI=1S/C11H11BrClN3O2S/c12-9-2-1-7(3-10(9)13)14-4-8(17)6-18-11-5-15-19-16-11/h1-3,5,8,14,17H,4,6H2. The second-order valence-corrected chi connectivity index (χ2v) is 5.54. The van der Waals surface area contributed by atoms with Crippen molar-refractivity contribution in [2.45, 2.75) is 6.10 Å². The molecule has 2 aromatic rings. The van der Waals surface area contributed by atoms with E-state index in [1.54, 1.807) is 6.07 Å². The smallest absolute Gasteiger partial charge is 0.245 e. The molecule has 0 saturated carbocycles. The zero-order valence-corrected chi connectivity index (χ0v) is 12.9. The van der Waals surface area contributed by atoms with Crippen molar-refractivity contribution in [2.24, 2.45) is 0 Å². The Morgan fingerprint density at radius 2 is 2.37 bits per heavy atom. The molecule has 8 heteroatoms. The molecule has 0 aliphatic carbocycles. The maximum absolute atomic E-state index is 9.76. The van der Waals surface area contributed by atoms with Crippen LogP contribution >= 0.6 is 39.3 Å². The van der Waals surface area contributed by atoms with E-state index in [0.29, 0.717) is 17.4 Å². The molecule has 0 radical (unpaired) electrons. The van der Waals surface area contributed by atoms with E-state index in [1.807, 2.05) is 12.1 Å². The lowest BCUT2D eigenvalue weighted by Gasteiger charge is -2.13. The Labute approximate surface area is 128 Å². The molecule has 0 saturated heterocycles. The van der Waals surface area contributed by atoms with Crippen LogP contribution in [0.15, 0.2) is 28.9 Å². The van der Waals surface area contributed by atoms with Crippen molar-refractivity contribution in [2.75, 3.05) is 18.5 Å². The second-order valence-electron chi connectivity index (χ2n) is 3.72. The molecule has 0 aliphatic rings. The van der Waals surface area contributed by atoms with Crippen molar-refractivity contribution in [3.63, 3.8) is 0 Å². The molecule has 102 valence electrons. The van der Waals surface area contributed by atoms with Gasteiger partial charge in [-0.1, -0.05) is 11.6 Å². The molecule has 2 N–H and O–H groups in total. The van der Waals surface area contributed by atoms with Crippen LogP contribution in [0.4, 0.5) is 5.69 Å². The van der Waals surface area contributed by atoms with Crippen LogP contribution in [0, 0.1) is 0 Å². The van der Waals surface area contributed by atoms with Crippen molar-refractivity contribution in [1.82, 2.24) is 8.75 Å². The van der Waals surface area contributed by atoms with Gasteiger partial charge in [0.25, 0.3) is 0 Å². The molecule has 0 aliphatic heterocycles.